The van der Waals surface area contributed by atoms with Crippen LogP contribution in [0.3, 0.4) is 0 Å². The molecule has 0 aliphatic carbocycles. The van der Waals surface area contributed by atoms with Crippen molar-refractivity contribution in [2.24, 2.45) is 5.41 Å². The molecular formula is C11H21NO4. The van der Waals surface area contributed by atoms with Crippen LogP contribution in [0.1, 0.15) is 33.6 Å². The van der Waals surface area contributed by atoms with Crippen LogP contribution in [-0.4, -0.2) is 36.7 Å². The number of hydrogen-bond donors (Lipinski definition) is 2. The van der Waals surface area contributed by atoms with E-state index in [1.807, 2.05) is 20.8 Å². The summed E-state index contributed by atoms with van der Waals surface area (Å²) in [5.74, 6) is -1.41. The molecule has 1 atom stereocenters. The summed E-state index contributed by atoms with van der Waals surface area (Å²) >= 11 is 0. The molecule has 0 aromatic heterocycles. The lowest BCUT2D eigenvalue weighted by molar-refractivity contribution is -0.142. The second-order valence-corrected chi connectivity index (χ2v) is 4.99. The Balaban J connectivity index is 4.18. The maximum atomic E-state index is 11.2. The van der Waals surface area contributed by atoms with Crippen molar-refractivity contribution in [3.8, 4) is 0 Å². The number of hydrogen-bond acceptors (Lipinski definition) is 3. The van der Waals surface area contributed by atoms with Gasteiger partial charge in [-0.15, -0.1) is 0 Å². The van der Waals surface area contributed by atoms with Crippen molar-refractivity contribution in [3.05, 3.63) is 0 Å². The van der Waals surface area contributed by atoms with Gasteiger partial charge in [0.25, 0.3) is 0 Å². The molecule has 0 saturated carbocycles. The summed E-state index contributed by atoms with van der Waals surface area (Å²) in [7, 11) is 1.39. The predicted molar refractivity (Wildman–Crippen MR) is 60.1 cm³/mol. The number of amides is 1. The van der Waals surface area contributed by atoms with Crippen LogP contribution in [0.15, 0.2) is 0 Å². The lowest BCUT2D eigenvalue weighted by Gasteiger charge is -2.21. The first-order valence-electron chi connectivity index (χ1n) is 5.27. The molecule has 0 aromatic carbocycles. The molecule has 0 heterocycles. The Morgan fingerprint density at radius 1 is 1.38 bits per heavy atom. The zero-order valence-electron chi connectivity index (χ0n) is 10.4. The first-order valence-corrected chi connectivity index (χ1v) is 5.27. The maximum absolute atomic E-state index is 11.2. The third-order valence-corrected chi connectivity index (χ3v) is 2.09. The normalized spacial score (nSPS) is 13.2. The van der Waals surface area contributed by atoms with Crippen LogP contribution in [0.2, 0.25) is 0 Å². The molecule has 0 saturated heterocycles. The number of methoxy groups -OCH3 is 1. The van der Waals surface area contributed by atoms with E-state index in [-0.39, 0.29) is 12.0 Å². The van der Waals surface area contributed by atoms with Crippen LogP contribution in [0.4, 0.5) is 0 Å². The highest BCUT2D eigenvalue weighted by Gasteiger charge is 2.22. The van der Waals surface area contributed by atoms with Gasteiger partial charge in [0.1, 0.15) is 12.6 Å². The molecule has 0 aliphatic heterocycles. The van der Waals surface area contributed by atoms with Gasteiger partial charge < -0.3 is 15.2 Å². The van der Waals surface area contributed by atoms with Gasteiger partial charge >= 0.3 is 5.97 Å². The smallest absolute Gasteiger partial charge is 0.326 e. The minimum Gasteiger partial charge on any atom is -0.480 e. The molecule has 1 amide bonds. The van der Waals surface area contributed by atoms with E-state index in [9.17, 15) is 9.59 Å². The van der Waals surface area contributed by atoms with Gasteiger partial charge in [0.2, 0.25) is 5.91 Å². The van der Waals surface area contributed by atoms with Crippen molar-refractivity contribution in [2.45, 2.75) is 39.7 Å². The molecule has 16 heavy (non-hydrogen) atoms. The van der Waals surface area contributed by atoms with Crippen molar-refractivity contribution in [1.29, 1.82) is 0 Å². The molecule has 0 aromatic rings. The lowest BCUT2D eigenvalue weighted by Crippen LogP contribution is -2.42. The van der Waals surface area contributed by atoms with Gasteiger partial charge in [-0.25, -0.2) is 4.79 Å². The summed E-state index contributed by atoms with van der Waals surface area (Å²) in [5.41, 5.74) is 0.0552. The number of carbonyl (C=O) groups excluding carboxylic acids is 1. The second-order valence-electron chi connectivity index (χ2n) is 4.99. The average molecular weight is 231 g/mol. The molecule has 1 unspecified atom stereocenters. The average Bonchev–Trinajstić information content (AvgIpc) is 2.10. The largest absolute Gasteiger partial charge is 0.480 e. The van der Waals surface area contributed by atoms with Gasteiger partial charge in [-0.1, -0.05) is 20.8 Å². The van der Waals surface area contributed by atoms with Crippen LogP contribution in [0.5, 0.6) is 0 Å². The Kier molecular flexibility index (Phi) is 6.03. The maximum Gasteiger partial charge on any atom is 0.326 e. The minimum absolute atomic E-state index is 0.0552. The van der Waals surface area contributed by atoms with Crippen LogP contribution in [0.25, 0.3) is 0 Å². The highest BCUT2D eigenvalue weighted by molar-refractivity contribution is 5.84. The Morgan fingerprint density at radius 3 is 2.31 bits per heavy atom. The highest BCUT2D eigenvalue weighted by Crippen LogP contribution is 2.21. The predicted octanol–water partition coefficient (Wildman–Crippen LogP) is 1.03. The molecule has 5 nitrogen and oxygen atoms in total. The SMILES string of the molecule is COCC(=O)NC(CCC(C)(C)C)C(=O)O. The monoisotopic (exact) mass is 231 g/mol. The molecule has 2 N–H and O–H groups in total. The Morgan fingerprint density at radius 2 is 1.94 bits per heavy atom. The van der Waals surface area contributed by atoms with Crippen molar-refractivity contribution in [1.82, 2.24) is 5.32 Å². The van der Waals surface area contributed by atoms with E-state index in [0.29, 0.717) is 6.42 Å². The summed E-state index contributed by atoms with van der Waals surface area (Å²) in [6, 6.07) is -0.832. The van der Waals surface area contributed by atoms with Crippen LogP contribution >= 0.6 is 0 Å². The van der Waals surface area contributed by atoms with Gasteiger partial charge in [-0.2, -0.15) is 0 Å². The van der Waals surface area contributed by atoms with E-state index >= 15 is 0 Å². The van der Waals surface area contributed by atoms with Gasteiger partial charge in [-0.3, -0.25) is 4.79 Å². The van der Waals surface area contributed by atoms with Crippen molar-refractivity contribution in [2.75, 3.05) is 13.7 Å². The molecule has 0 bridgehead atoms. The summed E-state index contributed by atoms with van der Waals surface area (Å²) < 4.78 is 4.62. The number of nitrogens with one attached hydrogen (secondary N) is 1. The highest BCUT2D eigenvalue weighted by atomic mass is 16.5. The number of rotatable bonds is 6. The standard InChI is InChI=1S/C11H21NO4/c1-11(2,3)6-5-8(10(14)15)12-9(13)7-16-4/h8H,5-7H2,1-4H3,(H,12,13)(H,14,15). The molecule has 5 heteroatoms. The first-order chi connectivity index (χ1) is 7.26. The van der Waals surface area contributed by atoms with Crippen molar-refractivity contribution < 1.29 is 19.4 Å². The fraction of sp³-hybridized carbons (Fsp3) is 0.818. The fourth-order valence-electron chi connectivity index (χ4n) is 1.20. The Bertz CT molecular complexity index is 245. The van der Waals surface area contributed by atoms with E-state index in [2.05, 4.69) is 10.1 Å². The van der Waals surface area contributed by atoms with E-state index in [1.54, 1.807) is 0 Å². The lowest BCUT2D eigenvalue weighted by atomic mass is 9.88. The molecule has 0 aliphatic rings. The summed E-state index contributed by atoms with van der Waals surface area (Å²) in [5, 5.41) is 11.4. The van der Waals surface area contributed by atoms with Crippen molar-refractivity contribution >= 4 is 11.9 Å². The number of ether oxygens (including phenoxy) is 1. The number of carboxylic acid groups (broad SMARTS) is 1. The van der Waals surface area contributed by atoms with Gasteiger partial charge in [0, 0.05) is 7.11 Å². The van der Waals surface area contributed by atoms with Crippen LogP contribution in [0, 0.1) is 5.41 Å². The summed E-state index contributed by atoms with van der Waals surface area (Å²) in [6.45, 7) is 5.98. The van der Waals surface area contributed by atoms with E-state index in [1.165, 1.54) is 7.11 Å². The van der Waals surface area contributed by atoms with Crippen LogP contribution < -0.4 is 5.32 Å². The van der Waals surface area contributed by atoms with Crippen molar-refractivity contribution in [3.63, 3.8) is 0 Å². The summed E-state index contributed by atoms with van der Waals surface area (Å²) in [6.07, 6.45) is 1.16. The topological polar surface area (TPSA) is 75.6 Å². The summed E-state index contributed by atoms with van der Waals surface area (Å²) in [4.78, 5) is 22.1. The van der Waals surface area contributed by atoms with E-state index in [4.69, 9.17) is 5.11 Å². The van der Waals surface area contributed by atoms with Gasteiger partial charge in [0.15, 0.2) is 0 Å². The molecule has 94 valence electrons. The number of aliphatic carboxylic acids is 1. The quantitative estimate of drug-likeness (QED) is 0.716. The van der Waals surface area contributed by atoms with Gasteiger partial charge in [-0.05, 0) is 18.3 Å². The zero-order valence-corrected chi connectivity index (χ0v) is 10.4. The Hall–Kier alpha value is -1.10. The fourth-order valence-corrected chi connectivity index (χ4v) is 1.20. The van der Waals surface area contributed by atoms with E-state index < -0.39 is 17.9 Å². The zero-order chi connectivity index (χ0) is 12.8. The first kappa shape index (κ1) is 14.9. The number of carboxylic acids is 1. The van der Waals surface area contributed by atoms with E-state index in [0.717, 1.165) is 6.42 Å². The second kappa shape index (κ2) is 6.48. The third-order valence-electron chi connectivity index (χ3n) is 2.09. The van der Waals surface area contributed by atoms with Gasteiger partial charge in [0.05, 0.1) is 0 Å². The molecule has 0 fully saturated rings. The molecule has 0 spiro atoms. The molecule has 0 rings (SSSR count). The minimum atomic E-state index is -1.01. The molecule has 0 radical (unpaired) electrons. The number of carbonyl (C=O) groups is 2. The third kappa shape index (κ3) is 7.23. The molecular weight excluding hydrogens is 210 g/mol. The van der Waals surface area contributed by atoms with Crippen LogP contribution in [-0.2, 0) is 14.3 Å². The Labute approximate surface area is 96.2 Å².